The van der Waals surface area contributed by atoms with Crippen LogP contribution in [0.4, 0.5) is 0 Å². The van der Waals surface area contributed by atoms with E-state index in [0.717, 1.165) is 32.2 Å². The van der Waals surface area contributed by atoms with E-state index in [9.17, 15) is 16.8 Å². The van der Waals surface area contributed by atoms with Crippen LogP contribution in [-0.2, 0) is 25.4 Å². The van der Waals surface area contributed by atoms with Gasteiger partial charge in [0.15, 0.2) is 19.7 Å². The highest BCUT2D eigenvalue weighted by Crippen LogP contribution is 2.18. The standard InChI is InChI=1S/C14H21NO4S2/c1-20(16,17)14-4-2-12(3-5-14)10-21(18,19)11-13-6-8-15-9-7-13/h2-5,13,15H,6-11H2,1H3. The van der Waals surface area contributed by atoms with Gasteiger partial charge in [0.05, 0.1) is 16.4 Å². The molecular formula is C14H21NO4S2. The zero-order valence-electron chi connectivity index (χ0n) is 12.1. The monoisotopic (exact) mass is 331 g/mol. The van der Waals surface area contributed by atoms with Gasteiger partial charge in [-0.1, -0.05) is 12.1 Å². The highest BCUT2D eigenvalue weighted by atomic mass is 32.2. The first kappa shape index (κ1) is 16.5. The number of hydrogen-bond acceptors (Lipinski definition) is 5. The van der Waals surface area contributed by atoms with Crippen LogP contribution in [0.25, 0.3) is 0 Å². The van der Waals surface area contributed by atoms with Gasteiger partial charge in [-0.25, -0.2) is 16.8 Å². The second-order valence-corrected chi connectivity index (χ2v) is 9.79. The van der Waals surface area contributed by atoms with E-state index in [0.29, 0.717) is 5.56 Å². The van der Waals surface area contributed by atoms with Crippen LogP contribution < -0.4 is 5.32 Å². The lowest BCUT2D eigenvalue weighted by atomic mass is 10.0. The van der Waals surface area contributed by atoms with Gasteiger partial charge >= 0.3 is 0 Å². The van der Waals surface area contributed by atoms with Crippen LogP contribution in [0.1, 0.15) is 18.4 Å². The normalized spacial score (nSPS) is 17.8. The first-order chi connectivity index (χ1) is 9.76. The van der Waals surface area contributed by atoms with E-state index in [-0.39, 0.29) is 22.3 Å². The van der Waals surface area contributed by atoms with Gasteiger partial charge in [-0.15, -0.1) is 0 Å². The highest BCUT2D eigenvalue weighted by molar-refractivity contribution is 7.91. The fraction of sp³-hybridized carbons (Fsp3) is 0.571. The zero-order chi connectivity index (χ0) is 15.5. The lowest BCUT2D eigenvalue weighted by molar-refractivity contribution is 0.401. The molecule has 1 N–H and O–H groups in total. The van der Waals surface area contributed by atoms with Crippen molar-refractivity contribution >= 4 is 19.7 Å². The Hall–Kier alpha value is -0.920. The molecule has 7 heteroatoms. The number of benzene rings is 1. The SMILES string of the molecule is CS(=O)(=O)c1ccc(CS(=O)(=O)CC2CCNCC2)cc1. The van der Waals surface area contributed by atoms with Crippen LogP contribution in [0.15, 0.2) is 29.2 Å². The summed E-state index contributed by atoms with van der Waals surface area (Å²) in [6.45, 7) is 1.76. The minimum Gasteiger partial charge on any atom is -0.317 e. The van der Waals surface area contributed by atoms with Gasteiger partial charge < -0.3 is 5.32 Å². The molecule has 1 aromatic rings. The third-order valence-electron chi connectivity index (χ3n) is 3.69. The molecule has 0 radical (unpaired) electrons. The van der Waals surface area contributed by atoms with Crippen molar-refractivity contribution in [2.75, 3.05) is 25.1 Å². The first-order valence-electron chi connectivity index (χ1n) is 6.96. The molecule has 0 unspecified atom stereocenters. The summed E-state index contributed by atoms with van der Waals surface area (Å²) in [5.74, 6) is 0.412. The lowest BCUT2D eigenvalue weighted by Crippen LogP contribution is -2.31. The van der Waals surface area contributed by atoms with E-state index in [1.165, 1.54) is 12.1 Å². The Morgan fingerprint density at radius 2 is 1.62 bits per heavy atom. The number of piperidine rings is 1. The van der Waals surface area contributed by atoms with E-state index < -0.39 is 19.7 Å². The molecule has 0 atom stereocenters. The Balaban J connectivity index is 2.02. The Kier molecular flexibility index (Phi) is 5.06. The van der Waals surface area contributed by atoms with Gasteiger partial charge in [0.2, 0.25) is 0 Å². The van der Waals surface area contributed by atoms with Crippen LogP contribution >= 0.6 is 0 Å². The van der Waals surface area contributed by atoms with Gasteiger partial charge in [-0.2, -0.15) is 0 Å². The summed E-state index contributed by atoms with van der Waals surface area (Å²) in [6, 6.07) is 6.09. The fourth-order valence-electron chi connectivity index (χ4n) is 2.55. The Morgan fingerprint density at radius 3 is 2.14 bits per heavy atom. The maximum atomic E-state index is 12.2. The first-order valence-corrected chi connectivity index (χ1v) is 10.7. The summed E-state index contributed by atoms with van der Waals surface area (Å²) < 4.78 is 47.2. The van der Waals surface area contributed by atoms with Gasteiger partial charge in [-0.05, 0) is 49.5 Å². The van der Waals surface area contributed by atoms with Crippen molar-refractivity contribution in [3.05, 3.63) is 29.8 Å². The van der Waals surface area contributed by atoms with E-state index in [2.05, 4.69) is 5.32 Å². The van der Waals surface area contributed by atoms with Crippen molar-refractivity contribution in [2.45, 2.75) is 23.5 Å². The van der Waals surface area contributed by atoms with E-state index in [4.69, 9.17) is 0 Å². The van der Waals surface area contributed by atoms with E-state index in [1.807, 2.05) is 0 Å². The van der Waals surface area contributed by atoms with Crippen LogP contribution in [0, 0.1) is 5.92 Å². The molecule has 1 heterocycles. The van der Waals surface area contributed by atoms with Crippen molar-refractivity contribution in [2.24, 2.45) is 5.92 Å². The molecule has 0 spiro atoms. The van der Waals surface area contributed by atoms with Crippen LogP contribution in [0.5, 0.6) is 0 Å². The summed E-state index contributed by atoms with van der Waals surface area (Å²) in [4.78, 5) is 0.210. The summed E-state index contributed by atoms with van der Waals surface area (Å²) in [6.07, 6.45) is 2.92. The predicted octanol–water partition coefficient (Wildman–Crippen LogP) is 1.00. The topological polar surface area (TPSA) is 80.3 Å². The molecule has 5 nitrogen and oxygen atoms in total. The van der Waals surface area contributed by atoms with Gasteiger partial charge in [0.1, 0.15) is 0 Å². The maximum absolute atomic E-state index is 12.2. The van der Waals surface area contributed by atoms with E-state index in [1.54, 1.807) is 12.1 Å². The van der Waals surface area contributed by atoms with Crippen molar-refractivity contribution in [3.8, 4) is 0 Å². The molecule has 0 aromatic heterocycles. The molecule has 0 bridgehead atoms. The number of rotatable bonds is 5. The van der Waals surface area contributed by atoms with Crippen molar-refractivity contribution in [1.82, 2.24) is 5.32 Å². The molecule has 1 aliphatic rings. The summed E-state index contributed by atoms with van der Waals surface area (Å²) in [5.41, 5.74) is 0.635. The molecule has 0 saturated carbocycles. The molecule has 1 aromatic carbocycles. The average molecular weight is 331 g/mol. The van der Waals surface area contributed by atoms with Gasteiger partial charge in [0, 0.05) is 6.26 Å². The largest absolute Gasteiger partial charge is 0.317 e. The smallest absolute Gasteiger partial charge is 0.175 e. The quantitative estimate of drug-likeness (QED) is 0.871. The maximum Gasteiger partial charge on any atom is 0.175 e. The van der Waals surface area contributed by atoms with Crippen molar-refractivity contribution in [1.29, 1.82) is 0 Å². The van der Waals surface area contributed by atoms with Crippen LogP contribution in [-0.4, -0.2) is 41.9 Å². The second-order valence-electron chi connectivity index (χ2n) is 5.66. The second kappa shape index (κ2) is 6.46. The minimum absolute atomic E-state index is 0.0268. The van der Waals surface area contributed by atoms with E-state index >= 15 is 0 Å². The average Bonchev–Trinajstić information content (AvgIpc) is 2.38. The molecule has 0 aliphatic carbocycles. The Bertz CT molecular complexity index is 672. The third-order valence-corrected chi connectivity index (χ3v) is 6.57. The van der Waals surface area contributed by atoms with Gasteiger partial charge in [0.25, 0.3) is 0 Å². The molecule has 1 aliphatic heterocycles. The third kappa shape index (κ3) is 5.09. The van der Waals surface area contributed by atoms with Crippen molar-refractivity contribution < 1.29 is 16.8 Å². The number of hydrogen-bond donors (Lipinski definition) is 1. The van der Waals surface area contributed by atoms with Crippen molar-refractivity contribution in [3.63, 3.8) is 0 Å². The highest BCUT2D eigenvalue weighted by Gasteiger charge is 2.21. The molecule has 1 fully saturated rings. The fourth-order valence-corrected chi connectivity index (χ4v) is 5.05. The molecular weight excluding hydrogens is 310 g/mol. The number of nitrogens with one attached hydrogen (secondary N) is 1. The Labute approximate surface area is 126 Å². The molecule has 2 rings (SSSR count). The summed E-state index contributed by atoms with van der Waals surface area (Å²) in [7, 11) is -6.40. The molecule has 0 amide bonds. The van der Waals surface area contributed by atoms with Crippen LogP contribution in [0.3, 0.4) is 0 Å². The Morgan fingerprint density at radius 1 is 1.05 bits per heavy atom. The zero-order valence-corrected chi connectivity index (χ0v) is 13.7. The van der Waals surface area contributed by atoms with Gasteiger partial charge in [-0.3, -0.25) is 0 Å². The lowest BCUT2D eigenvalue weighted by Gasteiger charge is -2.22. The molecule has 21 heavy (non-hydrogen) atoms. The van der Waals surface area contributed by atoms with Crippen LogP contribution in [0.2, 0.25) is 0 Å². The predicted molar refractivity (Wildman–Crippen MR) is 82.6 cm³/mol. The number of sulfone groups is 2. The summed E-state index contributed by atoms with van der Waals surface area (Å²) in [5, 5.41) is 3.22. The molecule has 118 valence electrons. The summed E-state index contributed by atoms with van der Waals surface area (Å²) >= 11 is 0. The minimum atomic E-state index is -3.24. The molecule has 1 saturated heterocycles.